The van der Waals surface area contributed by atoms with Gasteiger partial charge in [0.2, 0.25) is 11.8 Å². The Bertz CT molecular complexity index is 1670. The zero-order valence-corrected chi connectivity index (χ0v) is 27.1. The highest BCUT2D eigenvalue weighted by Gasteiger charge is 2.35. The molecule has 44 heavy (non-hydrogen) atoms. The van der Waals surface area contributed by atoms with Crippen molar-refractivity contribution >= 4 is 62.3 Å². The number of carbonyl (C=O) groups excluding carboxylic acids is 2. The van der Waals surface area contributed by atoms with Crippen LogP contribution in [0, 0.1) is 0 Å². The van der Waals surface area contributed by atoms with Gasteiger partial charge in [-0.3, -0.25) is 13.9 Å². The Kier molecular flexibility index (Phi) is 11.7. The number of amides is 2. The molecule has 4 aromatic carbocycles. The molecule has 11 heteroatoms. The number of nitrogens with one attached hydrogen (secondary N) is 1. The van der Waals surface area contributed by atoms with Gasteiger partial charge in [-0.05, 0) is 53.9 Å². The van der Waals surface area contributed by atoms with E-state index in [-0.39, 0.29) is 39.5 Å². The molecule has 0 heterocycles. The summed E-state index contributed by atoms with van der Waals surface area (Å²) in [5.41, 5.74) is 1.54. The molecule has 1 N–H and O–H groups in total. The van der Waals surface area contributed by atoms with Crippen molar-refractivity contribution in [2.24, 2.45) is 0 Å². The van der Waals surface area contributed by atoms with Crippen molar-refractivity contribution in [3.63, 3.8) is 0 Å². The summed E-state index contributed by atoms with van der Waals surface area (Å²) in [6.07, 6.45) is 0.891. The average molecular weight is 673 g/mol. The molecule has 0 aliphatic rings. The summed E-state index contributed by atoms with van der Waals surface area (Å²) in [6.45, 7) is 1.67. The molecule has 0 saturated heterocycles. The van der Waals surface area contributed by atoms with Crippen LogP contribution in [0.1, 0.15) is 24.5 Å². The maximum atomic E-state index is 14.4. The van der Waals surface area contributed by atoms with Gasteiger partial charge in [-0.15, -0.1) is 0 Å². The Labute approximate surface area is 273 Å². The Morgan fingerprint density at radius 2 is 1.41 bits per heavy atom. The number of hydrogen-bond acceptors (Lipinski definition) is 4. The second-order valence-electron chi connectivity index (χ2n) is 10.1. The van der Waals surface area contributed by atoms with Crippen LogP contribution in [-0.2, 0) is 32.6 Å². The first-order valence-electron chi connectivity index (χ1n) is 14.0. The Morgan fingerprint density at radius 3 is 2.02 bits per heavy atom. The minimum Gasteiger partial charge on any atom is -0.354 e. The molecular formula is C33H32Cl3N3O4S. The van der Waals surface area contributed by atoms with Gasteiger partial charge in [-0.1, -0.05) is 108 Å². The standard InChI is InChI=1S/C33H32Cl3N3O4S/c1-2-17-37-33(41)31(18-24-11-5-3-6-12-24)38(22-25-13-9-10-16-30(25)36)32(40)23-39(28-20-26(34)19-27(35)21-28)44(42,43)29-14-7-4-8-15-29/h3-16,19-21,31H,2,17-18,22-23H2,1H3,(H,37,41)/t31-/m1/s1. The van der Waals surface area contributed by atoms with E-state index in [9.17, 15) is 18.0 Å². The van der Waals surface area contributed by atoms with Crippen LogP contribution in [0.25, 0.3) is 0 Å². The number of anilines is 1. The van der Waals surface area contributed by atoms with Crippen molar-refractivity contribution in [1.82, 2.24) is 10.2 Å². The number of rotatable bonds is 13. The monoisotopic (exact) mass is 671 g/mol. The normalized spacial score (nSPS) is 11.9. The number of benzene rings is 4. The lowest BCUT2D eigenvalue weighted by molar-refractivity contribution is -0.140. The minimum atomic E-state index is -4.27. The van der Waals surface area contributed by atoms with E-state index in [0.717, 1.165) is 9.87 Å². The summed E-state index contributed by atoms with van der Waals surface area (Å²) in [5.74, 6) is -0.979. The highest BCUT2D eigenvalue weighted by Crippen LogP contribution is 2.30. The van der Waals surface area contributed by atoms with E-state index in [1.54, 1.807) is 42.5 Å². The Balaban J connectivity index is 1.82. The molecule has 0 unspecified atom stereocenters. The first-order valence-corrected chi connectivity index (χ1v) is 16.6. The van der Waals surface area contributed by atoms with Gasteiger partial charge in [-0.2, -0.15) is 0 Å². The van der Waals surface area contributed by atoms with Crippen molar-refractivity contribution in [2.45, 2.75) is 37.2 Å². The molecular weight excluding hydrogens is 641 g/mol. The van der Waals surface area contributed by atoms with Gasteiger partial charge in [0.25, 0.3) is 10.0 Å². The molecule has 0 fully saturated rings. The van der Waals surface area contributed by atoms with Crippen molar-refractivity contribution in [3.05, 3.63) is 129 Å². The fourth-order valence-electron chi connectivity index (χ4n) is 4.66. The van der Waals surface area contributed by atoms with Gasteiger partial charge < -0.3 is 10.2 Å². The average Bonchev–Trinajstić information content (AvgIpc) is 3.01. The fourth-order valence-corrected chi connectivity index (χ4v) is 6.79. The van der Waals surface area contributed by atoms with Crippen molar-refractivity contribution in [2.75, 3.05) is 17.4 Å². The van der Waals surface area contributed by atoms with Gasteiger partial charge in [0.15, 0.2) is 0 Å². The Hall–Kier alpha value is -3.56. The number of sulfonamides is 1. The van der Waals surface area contributed by atoms with E-state index >= 15 is 0 Å². The third-order valence-electron chi connectivity index (χ3n) is 6.86. The number of carbonyl (C=O) groups is 2. The van der Waals surface area contributed by atoms with Crippen LogP contribution in [0.5, 0.6) is 0 Å². The van der Waals surface area contributed by atoms with Crippen LogP contribution in [-0.4, -0.2) is 44.3 Å². The lowest BCUT2D eigenvalue weighted by atomic mass is 10.0. The van der Waals surface area contributed by atoms with Gasteiger partial charge in [0.05, 0.1) is 10.6 Å². The zero-order valence-electron chi connectivity index (χ0n) is 24.0. The summed E-state index contributed by atoms with van der Waals surface area (Å²) in [4.78, 5) is 29.5. The molecule has 2 amide bonds. The molecule has 0 spiro atoms. The smallest absolute Gasteiger partial charge is 0.264 e. The lowest BCUT2D eigenvalue weighted by Gasteiger charge is -2.34. The SMILES string of the molecule is CCCNC(=O)[C@@H](Cc1ccccc1)N(Cc1ccccc1Cl)C(=O)CN(c1cc(Cl)cc(Cl)c1)S(=O)(=O)c1ccccc1. The van der Waals surface area contributed by atoms with Gasteiger partial charge in [0, 0.05) is 34.6 Å². The summed E-state index contributed by atoms with van der Waals surface area (Å²) < 4.78 is 29.0. The van der Waals surface area contributed by atoms with E-state index in [0.29, 0.717) is 23.6 Å². The molecule has 0 saturated carbocycles. The third kappa shape index (κ3) is 8.54. The summed E-state index contributed by atoms with van der Waals surface area (Å²) in [7, 11) is -4.27. The van der Waals surface area contributed by atoms with Gasteiger partial charge in [-0.25, -0.2) is 8.42 Å². The molecule has 1 atom stereocenters. The number of nitrogens with zero attached hydrogens (tertiary/aromatic N) is 2. The highest BCUT2D eigenvalue weighted by molar-refractivity contribution is 7.92. The second kappa shape index (κ2) is 15.4. The predicted octanol–water partition coefficient (Wildman–Crippen LogP) is 7.01. The Morgan fingerprint density at radius 1 is 0.818 bits per heavy atom. The second-order valence-corrected chi connectivity index (χ2v) is 13.2. The first-order chi connectivity index (χ1) is 21.1. The molecule has 230 valence electrons. The summed E-state index contributed by atoms with van der Waals surface area (Å²) >= 11 is 19.1. The molecule has 0 aliphatic carbocycles. The number of hydrogen-bond donors (Lipinski definition) is 1. The van der Waals surface area contributed by atoms with Crippen LogP contribution < -0.4 is 9.62 Å². The van der Waals surface area contributed by atoms with Crippen LogP contribution in [0.2, 0.25) is 15.1 Å². The van der Waals surface area contributed by atoms with E-state index in [1.807, 2.05) is 37.3 Å². The van der Waals surface area contributed by atoms with Crippen LogP contribution >= 0.6 is 34.8 Å². The molecule has 4 rings (SSSR count). The van der Waals surface area contributed by atoms with E-state index in [4.69, 9.17) is 34.8 Å². The largest absolute Gasteiger partial charge is 0.354 e. The maximum Gasteiger partial charge on any atom is 0.264 e. The van der Waals surface area contributed by atoms with E-state index in [2.05, 4.69) is 5.32 Å². The topological polar surface area (TPSA) is 86.8 Å². The highest BCUT2D eigenvalue weighted by atomic mass is 35.5. The van der Waals surface area contributed by atoms with Crippen LogP contribution in [0.4, 0.5) is 5.69 Å². The summed E-state index contributed by atoms with van der Waals surface area (Å²) in [5, 5.41) is 3.71. The maximum absolute atomic E-state index is 14.4. The molecule has 0 radical (unpaired) electrons. The summed E-state index contributed by atoms with van der Waals surface area (Å²) in [6, 6.07) is 27.4. The first kappa shape index (κ1) is 33.3. The third-order valence-corrected chi connectivity index (χ3v) is 9.46. The molecule has 4 aromatic rings. The molecule has 0 aromatic heterocycles. The van der Waals surface area contributed by atoms with Gasteiger partial charge in [0.1, 0.15) is 12.6 Å². The number of halogens is 3. The van der Waals surface area contributed by atoms with Crippen molar-refractivity contribution in [3.8, 4) is 0 Å². The zero-order chi connectivity index (χ0) is 31.7. The quantitative estimate of drug-likeness (QED) is 0.166. The van der Waals surface area contributed by atoms with Crippen LogP contribution in [0.3, 0.4) is 0 Å². The minimum absolute atomic E-state index is 0.0249. The van der Waals surface area contributed by atoms with Gasteiger partial charge >= 0.3 is 0 Å². The van der Waals surface area contributed by atoms with E-state index < -0.39 is 28.5 Å². The molecule has 7 nitrogen and oxygen atoms in total. The van der Waals surface area contributed by atoms with Crippen molar-refractivity contribution in [1.29, 1.82) is 0 Å². The molecule has 0 bridgehead atoms. The lowest BCUT2D eigenvalue weighted by Crippen LogP contribution is -2.53. The molecule has 0 aliphatic heterocycles. The van der Waals surface area contributed by atoms with E-state index in [1.165, 1.54) is 35.2 Å². The van der Waals surface area contributed by atoms with Crippen LogP contribution in [0.15, 0.2) is 108 Å². The fraction of sp³-hybridized carbons (Fsp3) is 0.212. The predicted molar refractivity (Wildman–Crippen MR) is 177 cm³/mol. The van der Waals surface area contributed by atoms with Crippen molar-refractivity contribution < 1.29 is 18.0 Å².